The SMILES string of the molecule is C=CCN(CC(=O)N(CCc1ccc(OC)c(OC)c1)Cc1cccs1)S(=O)(=O)c1cccc2cccnc12. The lowest BCUT2D eigenvalue weighted by Gasteiger charge is -2.27. The number of ether oxygens (including phenoxy) is 2. The minimum absolute atomic E-state index is 0.0141. The third kappa shape index (κ3) is 6.65. The Balaban J connectivity index is 1.59. The third-order valence-corrected chi connectivity index (χ3v) is 8.96. The average molecular weight is 566 g/mol. The molecule has 0 atom stereocenters. The fourth-order valence-electron chi connectivity index (χ4n) is 4.25. The molecule has 1 amide bonds. The molecule has 0 radical (unpaired) electrons. The van der Waals surface area contributed by atoms with E-state index in [4.69, 9.17) is 9.47 Å². The van der Waals surface area contributed by atoms with Crippen molar-refractivity contribution >= 4 is 38.2 Å². The Morgan fingerprint density at radius 2 is 1.85 bits per heavy atom. The van der Waals surface area contributed by atoms with Gasteiger partial charge in [0.2, 0.25) is 15.9 Å². The van der Waals surface area contributed by atoms with Crippen molar-refractivity contribution in [2.75, 3.05) is 33.9 Å². The summed E-state index contributed by atoms with van der Waals surface area (Å²) in [5.74, 6) is 0.932. The van der Waals surface area contributed by atoms with Crippen molar-refractivity contribution in [2.45, 2.75) is 17.9 Å². The van der Waals surface area contributed by atoms with E-state index < -0.39 is 10.0 Å². The Morgan fingerprint density at radius 3 is 2.56 bits per heavy atom. The van der Waals surface area contributed by atoms with E-state index in [2.05, 4.69) is 11.6 Å². The quantitative estimate of drug-likeness (QED) is 0.217. The summed E-state index contributed by atoms with van der Waals surface area (Å²) in [5, 5.41) is 2.66. The second-order valence-electron chi connectivity index (χ2n) is 8.75. The van der Waals surface area contributed by atoms with E-state index in [1.165, 1.54) is 12.1 Å². The topological polar surface area (TPSA) is 89.0 Å². The minimum atomic E-state index is -4.04. The molecule has 0 N–H and O–H groups in total. The Morgan fingerprint density at radius 1 is 1.05 bits per heavy atom. The van der Waals surface area contributed by atoms with E-state index in [-0.39, 0.29) is 23.9 Å². The standard InChI is InChI=1S/C29H31N3O5S2/c1-4-16-32(39(34,35)27-11-5-8-23-9-6-15-30-29(23)27)21-28(33)31(20-24-10-7-18-38-24)17-14-22-12-13-25(36-2)26(19-22)37-3/h4-13,15,18-19H,1,14,16-17,20-21H2,2-3H3. The molecule has 2 heterocycles. The molecule has 0 spiro atoms. The van der Waals surface area contributed by atoms with Crippen LogP contribution in [0.2, 0.25) is 0 Å². The number of hydrogen-bond donors (Lipinski definition) is 0. The van der Waals surface area contributed by atoms with E-state index >= 15 is 0 Å². The number of thiophene rings is 1. The smallest absolute Gasteiger partial charge is 0.246 e. The zero-order valence-corrected chi connectivity index (χ0v) is 23.6. The molecule has 2 aromatic heterocycles. The fourth-order valence-corrected chi connectivity index (χ4v) is 6.49. The van der Waals surface area contributed by atoms with Crippen LogP contribution in [-0.4, -0.2) is 62.4 Å². The summed E-state index contributed by atoms with van der Waals surface area (Å²) in [7, 11) is -0.883. The highest BCUT2D eigenvalue weighted by molar-refractivity contribution is 7.89. The van der Waals surface area contributed by atoms with Crippen molar-refractivity contribution < 1.29 is 22.7 Å². The molecule has 2 aromatic carbocycles. The molecule has 10 heteroatoms. The number of para-hydroxylation sites is 1. The second kappa shape index (κ2) is 12.9. The number of methoxy groups -OCH3 is 2. The van der Waals surface area contributed by atoms with Gasteiger partial charge >= 0.3 is 0 Å². The van der Waals surface area contributed by atoms with Crippen LogP contribution in [0.4, 0.5) is 0 Å². The minimum Gasteiger partial charge on any atom is -0.493 e. The molecule has 0 saturated carbocycles. The lowest BCUT2D eigenvalue weighted by atomic mass is 10.1. The maximum atomic E-state index is 13.8. The maximum absolute atomic E-state index is 13.8. The molecule has 0 unspecified atom stereocenters. The summed E-state index contributed by atoms with van der Waals surface area (Å²) in [6, 6.07) is 18.1. The highest BCUT2D eigenvalue weighted by atomic mass is 32.2. The predicted octanol–water partition coefficient (Wildman–Crippen LogP) is 4.76. The Hall–Kier alpha value is -3.73. The van der Waals surface area contributed by atoms with E-state index in [1.54, 1.807) is 60.9 Å². The first-order valence-electron chi connectivity index (χ1n) is 12.3. The fraction of sp³-hybridized carbons (Fsp3) is 0.241. The summed E-state index contributed by atoms with van der Waals surface area (Å²) >= 11 is 1.55. The molecule has 4 aromatic rings. The van der Waals surface area contributed by atoms with Crippen molar-refractivity contribution in [1.29, 1.82) is 0 Å². The third-order valence-electron chi connectivity index (χ3n) is 6.26. The molecule has 0 aliphatic rings. The molecule has 8 nitrogen and oxygen atoms in total. The summed E-state index contributed by atoms with van der Waals surface area (Å²) in [6.07, 6.45) is 3.59. The summed E-state index contributed by atoms with van der Waals surface area (Å²) < 4.78 is 39.4. The lowest BCUT2D eigenvalue weighted by molar-refractivity contribution is -0.131. The van der Waals surface area contributed by atoms with Gasteiger partial charge in [0.25, 0.3) is 0 Å². The first-order valence-corrected chi connectivity index (χ1v) is 14.6. The van der Waals surface area contributed by atoms with E-state index in [1.807, 2.05) is 35.7 Å². The average Bonchev–Trinajstić information content (AvgIpc) is 3.47. The molecule has 39 heavy (non-hydrogen) atoms. The van der Waals surface area contributed by atoms with Gasteiger partial charge in [-0.1, -0.05) is 36.4 Å². The highest BCUT2D eigenvalue weighted by Gasteiger charge is 2.29. The van der Waals surface area contributed by atoms with E-state index in [0.717, 1.165) is 14.7 Å². The zero-order valence-electron chi connectivity index (χ0n) is 21.9. The largest absolute Gasteiger partial charge is 0.493 e. The predicted molar refractivity (Wildman–Crippen MR) is 154 cm³/mol. The van der Waals surface area contributed by atoms with Crippen LogP contribution < -0.4 is 9.47 Å². The van der Waals surface area contributed by atoms with Crippen LogP contribution in [0.15, 0.2) is 89.8 Å². The maximum Gasteiger partial charge on any atom is 0.246 e. The van der Waals surface area contributed by atoms with Gasteiger partial charge in [-0.15, -0.1) is 17.9 Å². The first-order chi connectivity index (χ1) is 18.9. The van der Waals surface area contributed by atoms with Gasteiger partial charge in [0.1, 0.15) is 4.90 Å². The number of benzene rings is 2. The number of carbonyl (C=O) groups excluding carboxylic acids is 1. The molecule has 0 aliphatic heterocycles. The number of pyridine rings is 1. The normalized spacial score (nSPS) is 11.5. The molecular formula is C29H31N3O5S2. The van der Waals surface area contributed by atoms with E-state index in [0.29, 0.717) is 41.9 Å². The van der Waals surface area contributed by atoms with Gasteiger partial charge in [-0.25, -0.2) is 8.42 Å². The van der Waals surface area contributed by atoms with Crippen LogP contribution in [0.25, 0.3) is 10.9 Å². The molecule has 0 saturated heterocycles. The van der Waals surface area contributed by atoms with Crippen molar-refractivity contribution in [3.8, 4) is 11.5 Å². The van der Waals surface area contributed by atoms with Crippen molar-refractivity contribution in [3.63, 3.8) is 0 Å². The number of amides is 1. The van der Waals surface area contributed by atoms with Gasteiger partial charge in [-0.2, -0.15) is 4.31 Å². The molecule has 0 bridgehead atoms. The Labute approximate surface area is 233 Å². The van der Waals surface area contributed by atoms with Crippen LogP contribution >= 0.6 is 11.3 Å². The lowest BCUT2D eigenvalue weighted by Crippen LogP contribution is -2.43. The van der Waals surface area contributed by atoms with Crippen LogP contribution in [0, 0.1) is 0 Å². The van der Waals surface area contributed by atoms with E-state index in [9.17, 15) is 13.2 Å². The summed E-state index contributed by atoms with van der Waals surface area (Å²) in [6.45, 7) is 4.15. The molecule has 4 rings (SSSR count). The van der Waals surface area contributed by atoms with Crippen LogP contribution in [0.3, 0.4) is 0 Å². The molecule has 0 aliphatic carbocycles. The highest BCUT2D eigenvalue weighted by Crippen LogP contribution is 2.28. The molecule has 0 fully saturated rings. The molecule has 204 valence electrons. The number of fused-ring (bicyclic) bond motifs is 1. The Kier molecular flexibility index (Phi) is 9.34. The first kappa shape index (κ1) is 28.3. The Bertz CT molecular complexity index is 1530. The number of carbonyl (C=O) groups is 1. The van der Waals surface area contributed by atoms with Gasteiger partial charge in [-0.3, -0.25) is 9.78 Å². The van der Waals surface area contributed by atoms with Crippen molar-refractivity contribution in [2.24, 2.45) is 0 Å². The monoisotopic (exact) mass is 565 g/mol. The second-order valence-corrected chi connectivity index (χ2v) is 11.7. The van der Waals surface area contributed by atoms with Gasteiger partial charge in [0.05, 0.1) is 32.8 Å². The number of aromatic nitrogens is 1. The zero-order chi connectivity index (χ0) is 27.8. The number of nitrogens with zero attached hydrogens (tertiary/aromatic N) is 3. The van der Waals surface area contributed by atoms with Gasteiger partial charge in [-0.05, 0) is 47.7 Å². The number of hydrogen-bond acceptors (Lipinski definition) is 7. The van der Waals surface area contributed by atoms with Gasteiger partial charge < -0.3 is 14.4 Å². The van der Waals surface area contributed by atoms with Gasteiger partial charge in [0.15, 0.2) is 11.5 Å². The van der Waals surface area contributed by atoms with Crippen molar-refractivity contribution in [1.82, 2.24) is 14.2 Å². The molecular weight excluding hydrogens is 534 g/mol. The summed E-state index contributed by atoms with van der Waals surface area (Å²) in [4.78, 5) is 20.7. The number of rotatable bonds is 13. The van der Waals surface area contributed by atoms with Crippen LogP contribution in [0.1, 0.15) is 10.4 Å². The van der Waals surface area contributed by atoms with Gasteiger partial charge in [0, 0.05) is 29.5 Å². The summed E-state index contributed by atoms with van der Waals surface area (Å²) in [5.41, 5.74) is 1.33. The van der Waals surface area contributed by atoms with Crippen LogP contribution in [0.5, 0.6) is 11.5 Å². The van der Waals surface area contributed by atoms with Crippen LogP contribution in [-0.2, 0) is 27.8 Å². The van der Waals surface area contributed by atoms with Crippen molar-refractivity contribution in [3.05, 3.63) is 95.3 Å². The number of sulfonamides is 1.